The molecule has 1 aromatic rings. The molecule has 3 rings (SSSR count). The van der Waals surface area contributed by atoms with Crippen LogP contribution in [0.4, 0.5) is 0 Å². The Hall–Kier alpha value is -1.89. The van der Waals surface area contributed by atoms with Gasteiger partial charge >= 0.3 is 0 Å². The highest BCUT2D eigenvalue weighted by molar-refractivity contribution is 5.98. The summed E-state index contributed by atoms with van der Waals surface area (Å²) in [6.07, 6.45) is 4.13. The van der Waals surface area contributed by atoms with E-state index in [0.29, 0.717) is 18.9 Å². The van der Waals surface area contributed by atoms with E-state index in [1.807, 2.05) is 5.01 Å². The van der Waals surface area contributed by atoms with E-state index in [0.717, 1.165) is 12.8 Å². The number of ketones is 1. The van der Waals surface area contributed by atoms with Gasteiger partial charge in [-0.2, -0.15) is 0 Å². The summed E-state index contributed by atoms with van der Waals surface area (Å²) in [4.78, 5) is 27.7. The van der Waals surface area contributed by atoms with Gasteiger partial charge in [0.05, 0.1) is 12.2 Å². The number of fused-ring (bicyclic) bond motifs is 1. The van der Waals surface area contributed by atoms with E-state index in [1.165, 1.54) is 13.1 Å². The number of ether oxygens (including phenoxy) is 1. The Morgan fingerprint density at radius 1 is 1.47 bits per heavy atom. The van der Waals surface area contributed by atoms with Gasteiger partial charge in [-0.3, -0.25) is 14.6 Å². The Bertz CT molecular complexity index is 507. The number of nitrogens with one attached hydrogen (secondary N) is 1. The second-order valence-electron chi connectivity index (χ2n) is 4.83. The van der Waals surface area contributed by atoms with E-state index >= 15 is 0 Å². The van der Waals surface area contributed by atoms with Crippen LogP contribution < -0.4 is 10.3 Å². The Labute approximate surface area is 110 Å². The van der Waals surface area contributed by atoms with Gasteiger partial charge in [0.15, 0.2) is 11.9 Å². The van der Waals surface area contributed by atoms with Crippen molar-refractivity contribution in [1.29, 1.82) is 0 Å². The molecular formula is C12H16N4O3. The fraction of sp³-hybridized carbons (Fsp3) is 0.583. The minimum Gasteiger partial charge on any atom is -0.381 e. The lowest BCUT2D eigenvalue weighted by Gasteiger charge is -2.43. The number of nitrogens with zero attached hydrogens (tertiary/aromatic N) is 3. The molecule has 0 aromatic carbocycles. The maximum atomic E-state index is 11.9. The fourth-order valence-corrected chi connectivity index (χ4v) is 2.65. The first-order chi connectivity index (χ1) is 9.18. The predicted molar refractivity (Wildman–Crippen MR) is 66.2 cm³/mol. The molecule has 102 valence electrons. The predicted octanol–water partition coefficient (Wildman–Crippen LogP) is -0.341. The molecule has 2 aliphatic rings. The van der Waals surface area contributed by atoms with Gasteiger partial charge in [-0.15, -0.1) is 0 Å². The Kier molecular flexibility index (Phi) is 2.98. The van der Waals surface area contributed by atoms with Gasteiger partial charge < -0.3 is 10.1 Å². The molecule has 2 aliphatic heterocycles. The average Bonchev–Trinajstić information content (AvgIpc) is 2.89. The first-order valence-corrected chi connectivity index (χ1v) is 6.38. The molecule has 1 saturated heterocycles. The third kappa shape index (κ3) is 1.99. The number of rotatable bonds is 2. The minimum absolute atomic E-state index is 0.0841. The van der Waals surface area contributed by atoms with Crippen LogP contribution in [0.1, 0.15) is 30.3 Å². The smallest absolute Gasteiger partial charge is 0.273 e. The van der Waals surface area contributed by atoms with E-state index < -0.39 is 6.17 Å². The Balaban J connectivity index is 1.99. The third-order valence-corrected chi connectivity index (χ3v) is 3.58. The van der Waals surface area contributed by atoms with Gasteiger partial charge in [0, 0.05) is 13.2 Å². The SMILES string of the molecule is CC(=O)C1NC(=O)c2cncn2N1C1CCOCC1. The number of carbonyl (C=O) groups excluding carboxylic acids is 2. The summed E-state index contributed by atoms with van der Waals surface area (Å²) < 4.78 is 7.05. The van der Waals surface area contributed by atoms with Crippen molar-refractivity contribution in [3.8, 4) is 0 Å². The highest BCUT2D eigenvalue weighted by Crippen LogP contribution is 2.20. The van der Waals surface area contributed by atoms with Crippen LogP contribution in [0.3, 0.4) is 0 Å². The molecule has 3 heterocycles. The van der Waals surface area contributed by atoms with Crippen LogP contribution in [0, 0.1) is 0 Å². The molecular weight excluding hydrogens is 248 g/mol. The van der Waals surface area contributed by atoms with E-state index in [4.69, 9.17) is 4.74 Å². The zero-order chi connectivity index (χ0) is 13.4. The van der Waals surface area contributed by atoms with Crippen LogP contribution in [0.15, 0.2) is 12.5 Å². The lowest BCUT2D eigenvalue weighted by Crippen LogP contribution is -2.65. The van der Waals surface area contributed by atoms with Crippen molar-refractivity contribution in [3.63, 3.8) is 0 Å². The van der Waals surface area contributed by atoms with Crippen molar-refractivity contribution in [3.05, 3.63) is 18.2 Å². The number of imidazole rings is 1. The number of amides is 1. The van der Waals surface area contributed by atoms with Crippen LogP contribution in [0.2, 0.25) is 0 Å². The van der Waals surface area contributed by atoms with Crippen LogP contribution >= 0.6 is 0 Å². The number of hydrogen-bond acceptors (Lipinski definition) is 5. The van der Waals surface area contributed by atoms with E-state index in [1.54, 1.807) is 11.0 Å². The van der Waals surface area contributed by atoms with Crippen molar-refractivity contribution in [2.75, 3.05) is 18.2 Å². The number of aromatic nitrogens is 2. The molecule has 0 bridgehead atoms. The summed E-state index contributed by atoms with van der Waals surface area (Å²) in [5, 5.41) is 4.65. The third-order valence-electron chi connectivity index (χ3n) is 3.58. The minimum atomic E-state index is -0.628. The van der Waals surface area contributed by atoms with Crippen LogP contribution in [-0.2, 0) is 9.53 Å². The summed E-state index contributed by atoms with van der Waals surface area (Å²) in [5.74, 6) is -0.347. The molecule has 0 aliphatic carbocycles. The number of carbonyl (C=O) groups is 2. The quantitative estimate of drug-likeness (QED) is 0.790. The zero-order valence-electron chi connectivity index (χ0n) is 10.7. The molecule has 1 N–H and O–H groups in total. The second-order valence-corrected chi connectivity index (χ2v) is 4.83. The average molecular weight is 264 g/mol. The first-order valence-electron chi connectivity index (χ1n) is 6.38. The topological polar surface area (TPSA) is 76.5 Å². The monoisotopic (exact) mass is 264 g/mol. The van der Waals surface area contributed by atoms with Gasteiger partial charge in [0.2, 0.25) is 0 Å². The molecule has 19 heavy (non-hydrogen) atoms. The van der Waals surface area contributed by atoms with Crippen LogP contribution in [0.5, 0.6) is 0 Å². The first kappa shape index (κ1) is 12.2. The molecule has 7 nitrogen and oxygen atoms in total. The highest BCUT2D eigenvalue weighted by Gasteiger charge is 2.38. The summed E-state index contributed by atoms with van der Waals surface area (Å²) in [6.45, 7) is 2.83. The van der Waals surface area contributed by atoms with E-state index in [9.17, 15) is 9.59 Å². The zero-order valence-corrected chi connectivity index (χ0v) is 10.7. The standard InChI is InChI=1S/C12H16N4O3/c1-8(17)11-14-12(18)10-6-13-7-15(10)16(11)9-2-4-19-5-3-9/h6-7,9,11H,2-5H2,1H3,(H,14,18). The molecule has 0 spiro atoms. The van der Waals surface area contributed by atoms with Crippen molar-refractivity contribution >= 4 is 11.7 Å². The highest BCUT2D eigenvalue weighted by atomic mass is 16.5. The molecule has 0 radical (unpaired) electrons. The van der Waals surface area contributed by atoms with Crippen molar-refractivity contribution in [2.45, 2.75) is 32.0 Å². The van der Waals surface area contributed by atoms with Crippen molar-refractivity contribution in [2.24, 2.45) is 0 Å². The van der Waals surface area contributed by atoms with Gasteiger partial charge in [-0.05, 0) is 19.8 Å². The van der Waals surface area contributed by atoms with Gasteiger partial charge in [0.1, 0.15) is 12.0 Å². The lowest BCUT2D eigenvalue weighted by atomic mass is 10.1. The van der Waals surface area contributed by atoms with Crippen molar-refractivity contribution < 1.29 is 14.3 Å². The van der Waals surface area contributed by atoms with Gasteiger partial charge in [-0.25, -0.2) is 9.66 Å². The number of hydrogen-bond donors (Lipinski definition) is 1. The lowest BCUT2D eigenvalue weighted by molar-refractivity contribution is -0.119. The molecule has 7 heteroatoms. The maximum absolute atomic E-state index is 11.9. The molecule has 1 aromatic heterocycles. The Morgan fingerprint density at radius 2 is 2.21 bits per heavy atom. The van der Waals surface area contributed by atoms with Crippen molar-refractivity contribution in [1.82, 2.24) is 15.0 Å². The molecule has 1 atom stereocenters. The summed E-state index contributed by atoms with van der Waals surface area (Å²) in [5.41, 5.74) is 0.462. The largest absolute Gasteiger partial charge is 0.381 e. The van der Waals surface area contributed by atoms with Gasteiger partial charge in [0.25, 0.3) is 5.91 Å². The maximum Gasteiger partial charge on any atom is 0.273 e. The second kappa shape index (κ2) is 4.65. The van der Waals surface area contributed by atoms with Crippen LogP contribution in [0.25, 0.3) is 0 Å². The summed E-state index contributed by atoms with van der Waals surface area (Å²) in [7, 11) is 0. The Morgan fingerprint density at radius 3 is 2.89 bits per heavy atom. The van der Waals surface area contributed by atoms with E-state index in [-0.39, 0.29) is 17.7 Å². The molecule has 1 unspecified atom stereocenters. The molecule has 1 amide bonds. The molecule has 1 fully saturated rings. The van der Waals surface area contributed by atoms with Gasteiger partial charge in [-0.1, -0.05) is 0 Å². The fourth-order valence-electron chi connectivity index (χ4n) is 2.65. The van der Waals surface area contributed by atoms with Crippen LogP contribution in [-0.4, -0.2) is 46.8 Å². The summed E-state index contributed by atoms with van der Waals surface area (Å²) in [6, 6.07) is 0.163. The summed E-state index contributed by atoms with van der Waals surface area (Å²) >= 11 is 0. The number of Topliss-reactive ketones (excluding diaryl/α,β-unsaturated/α-hetero) is 1. The van der Waals surface area contributed by atoms with E-state index in [2.05, 4.69) is 10.3 Å². The molecule has 0 saturated carbocycles. The normalized spacial score (nSPS) is 23.9.